The minimum Gasteiger partial charge on any atom is -0.329 e. The molecular formula is C18H31N3. The molecule has 1 saturated carbocycles. The van der Waals surface area contributed by atoms with Crippen LogP contribution in [0.25, 0.3) is 0 Å². The zero-order valence-electron chi connectivity index (χ0n) is 14.1. The lowest BCUT2D eigenvalue weighted by molar-refractivity contribution is 0.0489. The molecule has 0 amide bonds. The number of nitrogens with two attached hydrogens (primary N) is 1. The highest BCUT2D eigenvalue weighted by atomic mass is 15.2. The maximum atomic E-state index is 6.18. The van der Waals surface area contributed by atoms with Crippen LogP contribution < -0.4 is 5.73 Å². The molecule has 0 unspecified atom stereocenters. The number of aryl methyl sites for hydroxylation is 1. The lowest BCUT2D eigenvalue weighted by Gasteiger charge is -2.46. The van der Waals surface area contributed by atoms with Gasteiger partial charge in [0.1, 0.15) is 0 Å². The second-order valence-corrected chi connectivity index (χ2v) is 7.14. The zero-order chi connectivity index (χ0) is 15.5. The Morgan fingerprint density at radius 1 is 1.33 bits per heavy atom. The Balaban J connectivity index is 2.03. The molecule has 0 bridgehead atoms. The summed E-state index contributed by atoms with van der Waals surface area (Å²) in [6, 6.07) is 6.26. The molecule has 2 rings (SSSR count). The highest BCUT2D eigenvalue weighted by Gasteiger charge is 2.38. The third kappa shape index (κ3) is 3.83. The zero-order valence-corrected chi connectivity index (χ0v) is 14.1. The molecule has 0 atom stereocenters. The van der Waals surface area contributed by atoms with Crippen LogP contribution in [0.4, 0.5) is 0 Å². The van der Waals surface area contributed by atoms with Crippen LogP contribution >= 0.6 is 0 Å². The first-order valence-corrected chi connectivity index (χ1v) is 8.31. The van der Waals surface area contributed by atoms with E-state index in [0.29, 0.717) is 0 Å². The third-order valence-electron chi connectivity index (χ3n) is 5.44. The van der Waals surface area contributed by atoms with Crippen molar-refractivity contribution >= 4 is 0 Å². The molecule has 1 heterocycles. The van der Waals surface area contributed by atoms with Crippen LogP contribution in [0, 0.1) is 18.8 Å². The summed E-state index contributed by atoms with van der Waals surface area (Å²) in [7, 11) is 2.21. The summed E-state index contributed by atoms with van der Waals surface area (Å²) in [6.45, 7) is 8.39. The van der Waals surface area contributed by atoms with Crippen LogP contribution in [0.15, 0.2) is 18.2 Å². The lowest BCUT2D eigenvalue weighted by Crippen LogP contribution is -2.54. The van der Waals surface area contributed by atoms with Crippen LogP contribution in [0.2, 0.25) is 0 Å². The maximum Gasteiger partial charge on any atom is 0.0547 e. The largest absolute Gasteiger partial charge is 0.329 e. The van der Waals surface area contributed by atoms with Gasteiger partial charge in [-0.05, 0) is 63.6 Å². The SMILES string of the molecule is Cc1cccc(CN(C)C2(CN)CCC(C(C)C)CC2)n1. The normalized spacial score (nSPS) is 26.5. The number of hydrogen-bond acceptors (Lipinski definition) is 3. The summed E-state index contributed by atoms with van der Waals surface area (Å²) in [5, 5.41) is 0. The third-order valence-corrected chi connectivity index (χ3v) is 5.44. The van der Waals surface area contributed by atoms with Crippen LogP contribution in [0.3, 0.4) is 0 Å². The summed E-state index contributed by atoms with van der Waals surface area (Å²) >= 11 is 0. The van der Waals surface area contributed by atoms with Crippen molar-refractivity contribution in [3.63, 3.8) is 0 Å². The van der Waals surface area contributed by atoms with Crippen molar-refractivity contribution in [2.45, 2.75) is 58.5 Å². The Hall–Kier alpha value is -0.930. The standard InChI is InChI=1S/C18H31N3/c1-14(2)16-8-10-18(13-19,11-9-16)21(4)12-17-7-5-6-15(3)20-17/h5-7,14,16H,8-13,19H2,1-4H3. The fourth-order valence-corrected chi connectivity index (χ4v) is 3.68. The Morgan fingerprint density at radius 2 is 2.00 bits per heavy atom. The van der Waals surface area contributed by atoms with Gasteiger partial charge in [0.05, 0.1) is 5.69 Å². The first-order valence-electron chi connectivity index (χ1n) is 8.31. The number of pyridine rings is 1. The minimum absolute atomic E-state index is 0.164. The predicted molar refractivity (Wildman–Crippen MR) is 89.0 cm³/mol. The van der Waals surface area contributed by atoms with Gasteiger partial charge in [-0.25, -0.2) is 0 Å². The number of hydrogen-bond donors (Lipinski definition) is 1. The molecule has 3 heteroatoms. The number of nitrogens with zero attached hydrogens (tertiary/aromatic N) is 2. The van der Waals surface area contributed by atoms with Gasteiger partial charge in [-0.3, -0.25) is 9.88 Å². The molecular weight excluding hydrogens is 258 g/mol. The van der Waals surface area contributed by atoms with Gasteiger partial charge >= 0.3 is 0 Å². The maximum absolute atomic E-state index is 6.18. The Bertz CT molecular complexity index is 448. The van der Waals surface area contributed by atoms with Crippen LogP contribution in [-0.2, 0) is 6.54 Å². The Morgan fingerprint density at radius 3 is 2.52 bits per heavy atom. The van der Waals surface area contributed by atoms with E-state index in [-0.39, 0.29) is 5.54 Å². The molecule has 3 nitrogen and oxygen atoms in total. The number of likely N-dealkylation sites (N-methyl/N-ethyl adjacent to an activating group) is 1. The number of aromatic nitrogens is 1. The molecule has 118 valence electrons. The van der Waals surface area contributed by atoms with E-state index in [2.05, 4.69) is 55.9 Å². The second-order valence-electron chi connectivity index (χ2n) is 7.14. The minimum atomic E-state index is 0.164. The van der Waals surface area contributed by atoms with Gasteiger partial charge in [-0.15, -0.1) is 0 Å². The van der Waals surface area contributed by atoms with Crippen molar-refractivity contribution in [1.29, 1.82) is 0 Å². The van der Waals surface area contributed by atoms with E-state index < -0.39 is 0 Å². The first kappa shape index (κ1) is 16.4. The van der Waals surface area contributed by atoms with E-state index in [9.17, 15) is 0 Å². The van der Waals surface area contributed by atoms with Crippen molar-refractivity contribution in [2.24, 2.45) is 17.6 Å². The molecule has 0 saturated heterocycles. The fourth-order valence-electron chi connectivity index (χ4n) is 3.68. The molecule has 1 aliphatic carbocycles. The molecule has 21 heavy (non-hydrogen) atoms. The summed E-state index contributed by atoms with van der Waals surface area (Å²) in [5.41, 5.74) is 8.58. The van der Waals surface area contributed by atoms with Crippen LogP contribution in [0.5, 0.6) is 0 Å². The van der Waals surface area contributed by atoms with E-state index in [1.807, 2.05) is 0 Å². The van der Waals surface area contributed by atoms with Gasteiger partial charge in [0.15, 0.2) is 0 Å². The second kappa shape index (κ2) is 6.89. The van der Waals surface area contributed by atoms with E-state index in [0.717, 1.165) is 36.3 Å². The van der Waals surface area contributed by atoms with E-state index in [4.69, 9.17) is 5.73 Å². The molecule has 1 aromatic heterocycles. The van der Waals surface area contributed by atoms with Gasteiger partial charge in [-0.2, -0.15) is 0 Å². The Kier molecular flexibility index (Phi) is 5.39. The lowest BCUT2D eigenvalue weighted by atomic mass is 9.72. The van der Waals surface area contributed by atoms with Gasteiger partial charge in [-0.1, -0.05) is 19.9 Å². The molecule has 1 aromatic rings. The van der Waals surface area contributed by atoms with Crippen molar-refractivity contribution < 1.29 is 0 Å². The van der Waals surface area contributed by atoms with Gasteiger partial charge in [0, 0.05) is 24.3 Å². The van der Waals surface area contributed by atoms with E-state index >= 15 is 0 Å². The molecule has 1 fully saturated rings. The summed E-state index contributed by atoms with van der Waals surface area (Å²) in [4.78, 5) is 7.08. The monoisotopic (exact) mass is 289 g/mol. The summed E-state index contributed by atoms with van der Waals surface area (Å²) in [6.07, 6.45) is 5.05. The van der Waals surface area contributed by atoms with Crippen LogP contribution in [-0.4, -0.2) is 29.0 Å². The summed E-state index contributed by atoms with van der Waals surface area (Å²) in [5.74, 6) is 1.67. The molecule has 0 aliphatic heterocycles. The molecule has 0 aromatic carbocycles. The molecule has 2 N–H and O–H groups in total. The van der Waals surface area contributed by atoms with E-state index in [1.165, 1.54) is 25.7 Å². The van der Waals surface area contributed by atoms with Gasteiger partial charge in [0.25, 0.3) is 0 Å². The van der Waals surface area contributed by atoms with E-state index in [1.54, 1.807) is 0 Å². The number of rotatable bonds is 5. The van der Waals surface area contributed by atoms with Gasteiger partial charge in [0.2, 0.25) is 0 Å². The highest BCUT2D eigenvalue weighted by Crippen LogP contribution is 2.38. The van der Waals surface area contributed by atoms with Crippen molar-refractivity contribution in [3.8, 4) is 0 Å². The average molecular weight is 289 g/mol. The predicted octanol–water partition coefficient (Wildman–Crippen LogP) is 3.37. The quantitative estimate of drug-likeness (QED) is 0.903. The van der Waals surface area contributed by atoms with Crippen molar-refractivity contribution in [3.05, 3.63) is 29.6 Å². The molecule has 1 aliphatic rings. The smallest absolute Gasteiger partial charge is 0.0547 e. The summed E-state index contributed by atoms with van der Waals surface area (Å²) < 4.78 is 0. The highest BCUT2D eigenvalue weighted by molar-refractivity contribution is 5.10. The Labute approximate surface area is 129 Å². The topological polar surface area (TPSA) is 42.1 Å². The molecule has 0 radical (unpaired) electrons. The first-order chi connectivity index (χ1) is 9.97. The van der Waals surface area contributed by atoms with Gasteiger partial charge < -0.3 is 5.73 Å². The molecule has 0 spiro atoms. The van der Waals surface area contributed by atoms with Crippen LogP contribution in [0.1, 0.15) is 50.9 Å². The fraction of sp³-hybridized carbons (Fsp3) is 0.722. The van der Waals surface area contributed by atoms with Crippen molar-refractivity contribution in [1.82, 2.24) is 9.88 Å². The average Bonchev–Trinajstić information content (AvgIpc) is 2.47. The van der Waals surface area contributed by atoms with Crippen molar-refractivity contribution in [2.75, 3.05) is 13.6 Å².